The number of carbonyl (C=O) groups is 1. The van der Waals surface area contributed by atoms with E-state index in [9.17, 15) is 45.6 Å². The van der Waals surface area contributed by atoms with Crippen molar-refractivity contribution < 1.29 is 64.6 Å². The Hall–Kier alpha value is -1.53. The van der Waals surface area contributed by atoms with Gasteiger partial charge in [-0.05, 0) is 32.1 Å². The van der Waals surface area contributed by atoms with Crippen LogP contribution in [0.3, 0.4) is 0 Å². The third kappa shape index (κ3) is 37.6. The molecule has 0 aliphatic carbocycles. The quantitative estimate of drug-likeness (QED) is 0.0204. The maximum atomic E-state index is 13.2. The highest BCUT2D eigenvalue weighted by Gasteiger charge is 2.51. The van der Waals surface area contributed by atoms with Crippen LogP contribution in [0.2, 0.25) is 0 Å². The summed E-state index contributed by atoms with van der Waals surface area (Å²) < 4.78 is 22.7. The predicted molar refractivity (Wildman–Crippen MR) is 328 cm³/mol. The Morgan fingerprint density at radius 1 is 0.432 bits per heavy atom. The van der Waals surface area contributed by atoms with E-state index in [1.165, 1.54) is 238 Å². The number of nitrogens with one attached hydrogen (secondary N) is 1. The number of amides is 1. The van der Waals surface area contributed by atoms with Gasteiger partial charge >= 0.3 is 0 Å². The van der Waals surface area contributed by atoms with Crippen molar-refractivity contribution in [2.24, 2.45) is 0 Å². The molecule has 2 fully saturated rings. The van der Waals surface area contributed by atoms with Gasteiger partial charge in [0.15, 0.2) is 12.6 Å². The molecule has 2 aliphatic heterocycles. The SMILES string of the molecule is CCCCCC/C=C/CC/C=C/C(O)C(COC1OC(CO)C(OC2OC(CO)C(O)C(O)C2O)C(O)C1O)NC(=O)CCCCCCCCCCCCCCCCCCCCCCCCCCCCCCCCCCCCCCC. The molecule has 0 radical (unpaired) electrons. The lowest BCUT2D eigenvalue weighted by Crippen LogP contribution is -2.65. The molecule has 9 N–H and O–H groups in total. The Balaban J connectivity index is 1.53. The minimum Gasteiger partial charge on any atom is -0.394 e. The van der Waals surface area contributed by atoms with E-state index in [0.717, 1.165) is 32.1 Å². The first-order valence-corrected chi connectivity index (χ1v) is 34.1. The van der Waals surface area contributed by atoms with Crippen molar-refractivity contribution in [3.05, 3.63) is 24.3 Å². The summed E-state index contributed by atoms with van der Waals surface area (Å²) in [5, 5.41) is 86.9. The molecule has 14 heteroatoms. The molecule has 2 rings (SSSR count). The highest BCUT2D eigenvalue weighted by atomic mass is 16.7. The average Bonchev–Trinajstić information content (AvgIpc) is 3.55. The molecule has 0 aromatic heterocycles. The first kappa shape index (κ1) is 75.6. The molecule has 2 heterocycles. The predicted octanol–water partition coefficient (Wildman–Crippen LogP) is 13.2. The highest BCUT2D eigenvalue weighted by Crippen LogP contribution is 2.30. The fraction of sp³-hybridized carbons (Fsp3) is 0.925. The van der Waals surface area contributed by atoms with Gasteiger partial charge in [0.1, 0.15) is 48.8 Å². The Morgan fingerprint density at radius 2 is 0.790 bits per heavy atom. The molecule has 0 bridgehead atoms. The van der Waals surface area contributed by atoms with Crippen molar-refractivity contribution in [3.63, 3.8) is 0 Å². The second kappa shape index (κ2) is 52.8. The van der Waals surface area contributed by atoms with E-state index in [1.54, 1.807) is 6.08 Å². The van der Waals surface area contributed by atoms with Crippen LogP contribution in [0.25, 0.3) is 0 Å². The van der Waals surface area contributed by atoms with Gasteiger partial charge in [-0.15, -0.1) is 0 Å². The number of carbonyl (C=O) groups excluding carboxylic acids is 1. The van der Waals surface area contributed by atoms with Crippen LogP contribution >= 0.6 is 0 Å². The maximum absolute atomic E-state index is 13.2. The summed E-state index contributed by atoms with van der Waals surface area (Å²) >= 11 is 0. The molecule has 2 aliphatic rings. The molecule has 0 aromatic carbocycles. The largest absolute Gasteiger partial charge is 0.394 e. The minimum absolute atomic E-state index is 0.246. The summed E-state index contributed by atoms with van der Waals surface area (Å²) in [6, 6.07) is -0.927. The zero-order valence-electron chi connectivity index (χ0n) is 51.8. The van der Waals surface area contributed by atoms with E-state index in [1.807, 2.05) is 6.08 Å². The normalized spacial score (nSPS) is 24.2. The van der Waals surface area contributed by atoms with Crippen molar-refractivity contribution in [2.75, 3.05) is 19.8 Å². The van der Waals surface area contributed by atoms with Gasteiger partial charge in [-0.1, -0.05) is 289 Å². The number of ether oxygens (including phenoxy) is 4. The van der Waals surface area contributed by atoms with E-state index in [2.05, 4.69) is 31.3 Å². The van der Waals surface area contributed by atoms with Crippen molar-refractivity contribution in [1.82, 2.24) is 5.32 Å². The van der Waals surface area contributed by atoms with Gasteiger partial charge in [-0.2, -0.15) is 0 Å². The van der Waals surface area contributed by atoms with Crippen LogP contribution in [0.15, 0.2) is 24.3 Å². The van der Waals surface area contributed by atoms with Gasteiger partial charge in [0.05, 0.1) is 32.0 Å². The average molecular weight is 1150 g/mol. The van der Waals surface area contributed by atoms with Gasteiger partial charge in [0.25, 0.3) is 0 Å². The van der Waals surface area contributed by atoms with Crippen LogP contribution in [0.1, 0.15) is 303 Å². The monoisotopic (exact) mass is 1150 g/mol. The minimum atomic E-state index is -1.79. The van der Waals surface area contributed by atoms with Crippen LogP contribution in [0, 0.1) is 0 Å². The number of unbranched alkanes of at least 4 members (excludes halogenated alkanes) is 41. The van der Waals surface area contributed by atoms with Crippen LogP contribution < -0.4 is 5.32 Å². The van der Waals surface area contributed by atoms with Crippen molar-refractivity contribution in [3.8, 4) is 0 Å². The molecular weight excluding hydrogens is 1030 g/mol. The van der Waals surface area contributed by atoms with Crippen LogP contribution in [0.5, 0.6) is 0 Å². The third-order valence-electron chi connectivity index (χ3n) is 16.9. The van der Waals surface area contributed by atoms with E-state index in [0.29, 0.717) is 12.8 Å². The zero-order valence-corrected chi connectivity index (χ0v) is 51.8. The lowest BCUT2D eigenvalue weighted by atomic mass is 9.97. The van der Waals surface area contributed by atoms with E-state index >= 15 is 0 Å². The van der Waals surface area contributed by atoms with E-state index in [4.69, 9.17) is 18.9 Å². The first-order chi connectivity index (χ1) is 39.6. The molecule has 1 amide bonds. The number of aliphatic hydroxyl groups is 8. The number of allylic oxidation sites excluding steroid dienone is 3. The van der Waals surface area contributed by atoms with Crippen molar-refractivity contribution in [1.29, 1.82) is 0 Å². The number of hydrogen-bond donors (Lipinski definition) is 9. The van der Waals surface area contributed by atoms with Gasteiger partial charge in [0.2, 0.25) is 5.91 Å². The molecule has 0 aromatic rings. The lowest BCUT2D eigenvalue weighted by molar-refractivity contribution is -0.359. The molecule has 12 atom stereocenters. The van der Waals surface area contributed by atoms with Gasteiger partial charge in [0, 0.05) is 6.42 Å². The summed E-state index contributed by atoms with van der Waals surface area (Å²) in [6.07, 6.45) is 48.7. The standard InChI is InChI=1S/C67H127NO13/c1-3-5-7-9-11-13-15-16-17-18-19-20-21-22-23-24-25-26-27-28-29-30-31-32-33-34-35-36-37-38-39-40-41-43-45-47-49-51-59(72)68-55(56(71)50-48-46-44-42-14-12-10-8-6-4-2)54-78-66-64(77)62(75)65(58(53-70)80-66)81-67-63(76)61(74)60(73)57(52-69)79-67/h14,42,48,50,55-58,60-67,69-71,73-77H,3-13,15-41,43-47,49,51-54H2,1-2H3,(H,68,72)/b42-14+,50-48+. The van der Waals surface area contributed by atoms with E-state index in [-0.39, 0.29) is 18.9 Å². The van der Waals surface area contributed by atoms with Gasteiger partial charge in [-0.25, -0.2) is 0 Å². The summed E-state index contributed by atoms with van der Waals surface area (Å²) in [4.78, 5) is 13.2. The summed E-state index contributed by atoms with van der Waals surface area (Å²) in [5.74, 6) is -0.246. The molecule has 2 saturated heterocycles. The number of hydrogen-bond acceptors (Lipinski definition) is 13. The maximum Gasteiger partial charge on any atom is 0.220 e. The number of rotatable bonds is 56. The topological polar surface area (TPSA) is 228 Å². The van der Waals surface area contributed by atoms with Gasteiger partial charge in [-0.3, -0.25) is 4.79 Å². The summed E-state index contributed by atoms with van der Waals surface area (Å²) in [5.41, 5.74) is 0. The van der Waals surface area contributed by atoms with Crippen LogP contribution in [0.4, 0.5) is 0 Å². The lowest BCUT2D eigenvalue weighted by Gasteiger charge is -2.46. The van der Waals surface area contributed by atoms with Gasteiger partial charge < -0.3 is 65.1 Å². The molecule has 14 nitrogen and oxygen atoms in total. The highest BCUT2D eigenvalue weighted by molar-refractivity contribution is 5.76. The van der Waals surface area contributed by atoms with Crippen LogP contribution in [-0.4, -0.2) is 140 Å². The third-order valence-corrected chi connectivity index (χ3v) is 16.9. The fourth-order valence-corrected chi connectivity index (χ4v) is 11.4. The Morgan fingerprint density at radius 3 is 1.21 bits per heavy atom. The van der Waals surface area contributed by atoms with E-state index < -0.39 is 86.8 Å². The smallest absolute Gasteiger partial charge is 0.220 e. The Labute approximate surface area is 494 Å². The van der Waals surface area contributed by atoms with Crippen LogP contribution in [-0.2, 0) is 23.7 Å². The molecule has 81 heavy (non-hydrogen) atoms. The van der Waals surface area contributed by atoms with Crippen molar-refractivity contribution >= 4 is 5.91 Å². The first-order valence-electron chi connectivity index (χ1n) is 34.1. The summed E-state index contributed by atoms with van der Waals surface area (Å²) in [6.45, 7) is 2.76. The number of aliphatic hydroxyl groups excluding tert-OH is 8. The molecule has 478 valence electrons. The Kier molecular flexibility index (Phi) is 49.2. The molecule has 0 saturated carbocycles. The fourth-order valence-electron chi connectivity index (χ4n) is 11.4. The van der Waals surface area contributed by atoms with Crippen molar-refractivity contribution in [2.45, 2.75) is 376 Å². The zero-order chi connectivity index (χ0) is 58.8. The molecule has 0 spiro atoms. The second-order valence-corrected chi connectivity index (χ2v) is 24.3. The molecule has 12 unspecified atom stereocenters. The Bertz CT molecular complexity index is 1450. The summed E-state index contributed by atoms with van der Waals surface area (Å²) in [7, 11) is 0. The second-order valence-electron chi connectivity index (χ2n) is 24.3. The molecular formula is C67H127NO13.